The van der Waals surface area contributed by atoms with Crippen molar-refractivity contribution in [1.29, 1.82) is 0 Å². The molecule has 0 unspecified atom stereocenters. The Morgan fingerprint density at radius 1 is 1.50 bits per heavy atom. The number of carbonyl (C=O) groups excluding carboxylic acids is 1. The number of Topliss-reactive ketones (excluding diaryl/α,β-unsaturated/α-hetero) is 1. The molecule has 0 spiro atoms. The minimum atomic E-state index is -0.522. The van der Waals surface area contributed by atoms with Gasteiger partial charge in [0.15, 0.2) is 0 Å². The summed E-state index contributed by atoms with van der Waals surface area (Å²) in [7, 11) is 0. The standard InChI is InChI=1S/C9H18N2O/c1-3-11-6-4-9(10,5-7-11)8(2)12/h3-7,10H2,1-2H3. The second-order valence-electron chi connectivity index (χ2n) is 3.65. The molecule has 1 rings (SSSR count). The smallest absolute Gasteiger partial charge is 0.149 e. The predicted molar refractivity (Wildman–Crippen MR) is 48.9 cm³/mol. The van der Waals surface area contributed by atoms with Gasteiger partial charge in [0, 0.05) is 13.1 Å². The van der Waals surface area contributed by atoms with Gasteiger partial charge in [0.1, 0.15) is 5.78 Å². The Kier molecular flexibility index (Phi) is 2.85. The van der Waals surface area contributed by atoms with Crippen molar-refractivity contribution in [1.82, 2.24) is 4.90 Å². The van der Waals surface area contributed by atoms with E-state index in [0.29, 0.717) is 0 Å². The number of ketones is 1. The number of nitrogens with zero attached hydrogens (tertiary/aromatic N) is 1. The lowest BCUT2D eigenvalue weighted by Crippen LogP contribution is -2.54. The maximum atomic E-state index is 11.2. The lowest BCUT2D eigenvalue weighted by atomic mass is 9.85. The monoisotopic (exact) mass is 170 g/mol. The van der Waals surface area contributed by atoms with Gasteiger partial charge in [0.05, 0.1) is 5.54 Å². The van der Waals surface area contributed by atoms with Crippen LogP contribution in [-0.2, 0) is 4.79 Å². The van der Waals surface area contributed by atoms with E-state index in [-0.39, 0.29) is 5.78 Å². The molecule has 0 saturated carbocycles. The molecule has 0 atom stereocenters. The van der Waals surface area contributed by atoms with Crippen molar-refractivity contribution in [2.24, 2.45) is 5.73 Å². The van der Waals surface area contributed by atoms with E-state index in [1.54, 1.807) is 6.92 Å². The van der Waals surface area contributed by atoms with E-state index in [0.717, 1.165) is 32.5 Å². The quantitative estimate of drug-likeness (QED) is 0.652. The van der Waals surface area contributed by atoms with Crippen molar-refractivity contribution < 1.29 is 4.79 Å². The summed E-state index contributed by atoms with van der Waals surface area (Å²) in [5, 5.41) is 0. The fourth-order valence-corrected chi connectivity index (χ4v) is 1.62. The number of likely N-dealkylation sites (tertiary alicyclic amines) is 1. The molecule has 0 bridgehead atoms. The zero-order valence-electron chi connectivity index (χ0n) is 7.97. The van der Waals surface area contributed by atoms with Gasteiger partial charge in [-0.05, 0) is 26.3 Å². The molecule has 1 aliphatic heterocycles. The van der Waals surface area contributed by atoms with Crippen LogP contribution in [0.1, 0.15) is 26.7 Å². The Hall–Kier alpha value is -0.410. The lowest BCUT2D eigenvalue weighted by molar-refractivity contribution is -0.123. The van der Waals surface area contributed by atoms with Gasteiger partial charge in [0.2, 0.25) is 0 Å². The Labute approximate surface area is 73.9 Å². The summed E-state index contributed by atoms with van der Waals surface area (Å²) >= 11 is 0. The molecule has 0 radical (unpaired) electrons. The Morgan fingerprint density at radius 3 is 2.33 bits per heavy atom. The van der Waals surface area contributed by atoms with Crippen molar-refractivity contribution in [3.63, 3.8) is 0 Å². The summed E-state index contributed by atoms with van der Waals surface area (Å²) in [6.45, 7) is 6.73. The highest BCUT2D eigenvalue weighted by molar-refractivity contribution is 5.85. The first kappa shape index (κ1) is 9.68. The molecular formula is C9H18N2O. The highest BCUT2D eigenvalue weighted by Crippen LogP contribution is 2.19. The van der Waals surface area contributed by atoms with Crippen molar-refractivity contribution in [3.05, 3.63) is 0 Å². The molecule has 70 valence electrons. The second kappa shape index (κ2) is 3.54. The maximum Gasteiger partial charge on any atom is 0.149 e. The Bertz CT molecular complexity index is 171. The van der Waals surface area contributed by atoms with E-state index in [1.165, 1.54) is 0 Å². The first-order valence-electron chi connectivity index (χ1n) is 4.61. The van der Waals surface area contributed by atoms with Gasteiger partial charge in [-0.1, -0.05) is 6.92 Å². The largest absolute Gasteiger partial charge is 0.319 e. The highest BCUT2D eigenvalue weighted by atomic mass is 16.1. The summed E-state index contributed by atoms with van der Waals surface area (Å²) in [4.78, 5) is 13.5. The molecule has 0 aromatic heterocycles. The molecule has 0 aromatic carbocycles. The van der Waals surface area contributed by atoms with E-state index < -0.39 is 5.54 Å². The van der Waals surface area contributed by atoms with Crippen molar-refractivity contribution in [2.45, 2.75) is 32.2 Å². The predicted octanol–water partition coefficient (Wildman–Crippen LogP) is 0.389. The first-order valence-corrected chi connectivity index (χ1v) is 4.61. The van der Waals surface area contributed by atoms with Gasteiger partial charge in [-0.15, -0.1) is 0 Å². The maximum absolute atomic E-state index is 11.2. The van der Waals surface area contributed by atoms with Crippen LogP contribution >= 0.6 is 0 Å². The van der Waals surface area contributed by atoms with Crippen LogP contribution < -0.4 is 5.73 Å². The van der Waals surface area contributed by atoms with Crippen LogP contribution in [0.3, 0.4) is 0 Å². The van der Waals surface area contributed by atoms with E-state index in [2.05, 4.69) is 11.8 Å². The van der Waals surface area contributed by atoms with E-state index in [9.17, 15) is 4.79 Å². The highest BCUT2D eigenvalue weighted by Gasteiger charge is 2.34. The number of carbonyl (C=O) groups is 1. The molecule has 12 heavy (non-hydrogen) atoms. The normalized spacial score (nSPS) is 23.9. The summed E-state index contributed by atoms with van der Waals surface area (Å²) in [6.07, 6.45) is 1.63. The van der Waals surface area contributed by atoms with Crippen LogP contribution in [-0.4, -0.2) is 35.9 Å². The van der Waals surface area contributed by atoms with Crippen molar-refractivity contribution >= 4 is 5.78 Å². The zero-order chi connectivity index (χ0) is 9.19. The Balaban J connectivity index is 2.49. The SMILES string of the molecule is CCN1CCC(N)(C(C)=O)CC1. The van der Waals surface area contributed by atoms with Gasteiger partial charge in [-0.2, -0.15) is 0 Å². The molecule has 1 fully saturated rings. The van der Waals surface area contributed by atoms with E-state index in [1.807, 2.05) is 0 Å². The topological polar surface area (TPSA) is 46.3 Å². The molecule has 0 aliphatic carbocycles. The van der Waals surface area contributed by atoms with Gasteiger partial charge < -0.3 is 10.6 Å². The molecule has 0 amide bonds. The van der Waals surface area contributed by atoms with Gasteiger partial charge in [0.25, 0.3) is 0 Å². The minimum absolute atomic E-state index is 0.137. The van der Waals surface area contributed by atoms with Crippen molar-refractivity contribution in [2.75, 3.05) is 19.6 Å². The minimum Gasteiger partial charge on any atom is -0.319 e. The Morgan fingerprint density at radius 2 is 2.00 bits per heavy atom. The first-order chi connectivity index (χ1) is 5.58. The third-order valence-electron chi connectivity index (χ3n) is 2.90. The summed E-state index contributed by atoms with van der Waals surface area (Å²) < 4.78 is 0. The lowest BCUT2D eigenvalue weighted by Gasteiger charge is -2.36. The third-order valence-corrected chi connectivity index (χ3v) is 2.90. The molecule has 0 aromatic rings. The third kappa shape index (κ3) is 1.84. The second-order valence-corrected chi connectivity index (χ2v) is 3.65. The van der Waals surface area contributed by atoms with Crippen LogP contribution in [0.2, 0.25) is 0 Å². The average molecular weight is 170 g/mol. The van der Waals surface area contributed by atoms with Crippen LogP contribution in [0.15, 0.2) is 0 Å². The molecular weight excluding hydrogens is 152 g/mol. The molecule has 1 heterocycles. The van der Waals surface area contributed by atoms with Crippen molar-refractivity contribution in [3.8, 4) is 0 Å². The van der Waals surface area contributed by atoms with Crippen LogP contribution in [0.4, 0.5) is 0 Å². The fourth-order valence-electron chi connectivity index (χ4n) is 1.62. The van der Waals surface area contributed by atoms with Crippen LogP contribution in [0, 0.1) is 0 Å². The zero-order valence-corrected chi connectivity index (χ0v) is 7.97. The fraction of sp³-hybridized carbons (Fsp3) is 0.889. The van der Waals surface area contributed by atoms with Crippen LogP contribution in [0.25, 0.3) is 0 Å². The molecule has 1 saturated heterocycles. The average Bonchev–Trinajstić information content (AvgIpc) is 2.06. The summed E-state index contributed by atoms with van der Waals surface area (Å²) in [5.41, 5.74) is 5.42. The molecule has 2 N–H and O–H groups in total. The number of hydrogen-bond donors (Lipinski definition) is 1. The summed E-state index contributed by atoms with van der Waals surface area (Å²) in [5.74, 6) is 0.137. The van der Waals surface area contributed by atoms with E-state index in [4.69, 9.17) is 5.73 Å². The number of hydrogen-bond acceptors (Lipinski definition) is 3. The number of nitrogens with two attached hydrogens (primary N) is 1. The molecule has 3 nitrogen and oxygen atoms in total. The van der Waals surface area contributed by atoms with E-state index >= 15 is 0 Å². The van der Waals surface area contributed by atoms with Gasteiger partial charge in [-0.3, -0.25) is 4.79 Å². The van der Waals surface area contributed by atoms with Gasteiger partial charge in [-0.25, -0.2) is 0 Å². The molecule has 1 aliphatic rings. The van der Waals surface area contributed by atoms with Crippen LogP contribution in [0.5, 0.6) is 0 Å². The molecule has 3 heteroatoms. The van der Waals surface area contributed by atoms with Gasteiger partial charge >= 0.3 is 0 Å². The number of piperidine rings is 1. The number of rotatable bonds is 2. The summed E-state index contributed by atoms with van der Waals surface area (Å²) in [6, 6.07) is 0.